The van der Waals surface area contributed by atoms with Crippen molar-refractivity contribution in [1.29, 1.82) is 0 Å². The summed E-state index contributed by atoms with van der Waals surface area (Å²) < 4.78 is 27.2. The van der Waals surface area contributed by atoms with Gasteiger partial charge in [0.05, 0.1) is 4.90 Å². The van der Waals surface area contributed by atoms with Gasteiger partial charge in [-0.3, -0.25) is 0 Å². The van der Waals surface area contributed by atoms with E-state index in [1.807, 2.05) is 42.1 Å². The molecule has 2 aromatic carbocycles. The molecule has 0 spiro atoms. The van der Waals surface area contributed by atoms with Crippen molar-refractivity contribution >= 4 is 20.7 Å². The Hall–Kier alpha value is -2.33. The molecule has 0 N–H and O–H groups in total. The van der Waals surface area contributed by atoms with Crippen molar-refractivity contribution in [3.05, 3.63) is 77.8 Å². The molecule has 112 valence electrons. The first-order valence-electron chi connectivity index (χ1n) is 7.01. The Morgan fingerprint density at radius 2 is 1.68 bits per heavy atom. The van der Waals surface area contributed by atoms with Gasteiger partial charge in [-0.15, -0.1) is 0 Å². The zero-order chi connectivity index (χ0) is 15.7. The van der Waals surface area contributed by atoms with Gasteiger partial charge < -0.3 is 4.57 Å². The van der Waals surface area contributed by atoms with Gasteiger partial charge in [-0.25, -0.2) is 8.42 Å². The van der Waals surface area contributed by atoms with Gasteiger partial charge in [0.25, 0.3) is 0 Å². The molecule has 0 saturated carbocycles. The largest absolute Gasteiger partial charge is 0.350 e. The molecule has 0 saturated heterocycles. The van der Waals surface area contributed by atoms with Crippen LogP contribution in [-0.2, 0) is 23.3 Å². The van der Waals surface area contributed by atoms with E-state index in [-0.39, 0.29) is 4.91 Å². The summed E-state index contributed by atoms with van der Waals surface area (Å²) in [6, 6.07) is 16.4. The van der Waals surface area contributed by atoms with Crippen LogP contribution in [0.1, 0.15) is 5.56 Å². The lowest BCUT2D eigenvalue weighted by atomic mass is 10.1. The lowest BCUT2D eigenvalue weighted by molar-refractivity contribution is 0.601. The van der Waals surface area contributed by atoms with Crippen LogP contribution in [-0.4, -0.2) is 13.0 Å². The van der Waals surface area contributed by atoms with Crippen molar-refractivity contribution in [1.82, 2.24) is 4.57 Å². The molecule has 0 atom stereocenters. The highest BCUT2D eigenvalue weighted by Crippen LogP contribution is 2.26. The number of nitrogens with zero attached hydrogens (tertiary/aromatic N) is 1. The minimum atomic E-state index is -3.50. The van der Waals surface area contributed by atoms with E-state index in [1.165, 1.54) is 0 Å². The minimum absolute atomic E-state index is 0.218. The summed E-state index contributed by atoms with van der Waals surface area (Å²) in [5.41, 5.74) is 2.06. The lowest BCUT2D eigenvalue weighted by Crippen LogP contribution is -2.06. The summed E-state index contributed by atoms with van der Waals surface area (Å²) in [6.07, 6.45) is 2.29. The first-order chi connectivity index (χ1) is 10.5. The maximum absolute atomic E-state index is 12.6. The fourth-order valence-corrected chi connectivity index (χ4v) is 3.83. The van der Waals surface area contributed by atoms with Crippen LogP contribution in [0.2, 0.25) is 0 Å². The van der Waals surface area contributed by atoms with Gasteiger partial charge in [0, 0.05) is 35.5 Å². The second-order valence-electron chi connectivity index (χ2n) is 5.31. The first kappa shape index (κ1) is 14.6. The van der Waals surface area contributed by atoms with Crippen molar-refractivity contribution in [3.8, 4) is 0 Å². The molecule has 0 aliphatic rings. The Kier molecular flexibility index (Phi) is 3.62. The van der Waals surface area contributed by atoms with E-state index >= 15 is 0 Å². The first-order valence-corrected chi connectivity index (χ1v) is 8.49. The second kappa shape index (κ2) is 5.46. The van der Waals surface area contributed by atoms with E-state index in [0.717, 1.165) is 16.5 Å². The Labute approximate surface area is 130 Å². The molecule has 3 aromatic rings. The third-order valence-electron chi connectivity index (χ3n) is 3.80. The fraction of sp³-hybridized carbons (Fsp3) is 0.111. The van der Waals surface area contributed by atoms with E-state index in [4.69, 9.17) is 0 Å². The molecule has 0 radical (unpaired) electrons. The number of benzene rings is 2. The molecule has 0 aliphatic heterocycles. The van der Waals surface area contributed by atoms with E-state index in [1.54, 1.807) is 30.3 Å². The van der Waals surface area contributed by atoms with E-state index in [2.05, 4.69) is 6.58 Å². The summed E-state index contributed by atoms with van der Waals surface area (Å²) >= 11 is 0. The molecule has 0 unspecified atom stereocenters. The highest BCUT2D eigenvalue weighted by atomic mass is 32.2. The number of aryl methyl sites for hydroxylation is 1. The molecule has 0 bridgehead atoms. The van der Waals surface area contributed by atoms with Crippen LogP contribution in [0.4, 0.5) is 0 Å². The number of hydrogen-bond acceptors (Lipinski definition) is 2. The summed E-state index contributed by atoms with van der Waals surface area (Å²) in [7, 11) is -1.54. The molecular weight excluding hydrogens is 294 g/mol. The minimum Gasteiger partial charge on any atom is -0.350 e. The van der Waals surface area contributed by atoms with Crippen LogP contribution >= 0.6 is 0 Å². The van der Waals surface area contributed by atoms with Crippen molar-refractivity contribution in [2.75, 3.05) is 0 Å². The number of fused-ring (bicyclic) bond motifs is 1. The number of allylic oxidation sites excluding steroid dienone is 1. The molecule has 3 nitrogen and oxygen atoms in total. The highest BCUT2D eigenvalue weighted by Gasteiger charge is 2.20. The Bertz CT molecular complexity index is 938. The number of sulfone groups is 1. The molecular formula is C18H17NO2S. The normalized spacial score (nSPS) is 11.7. The van der Waals surface area contributed by atoms with Crippen molar-refractivity contribution in [2.45, 2.75) is 11.3 Å². The molecule has 22 heavy (non-hydrogen) atoms. The van der Waals surface area contributed by atoms with Crippen LogP contribution < -0.4 is 0 Å². The Balaban J connectivity index is 1.97. The average Bonchev–Trinajstić information content (AvgIpc) is 2.85. The third-order valence-corrected chi connectivity index (χ3v) is 5.60. The van der Waals surface area contributed by atoms with Gasteiger partial charge >= 0.3 is 0 Å². The van der Waals surface area contributed by atoms with E-state index < -0.39 is 9.84 Å². The number of rotatable bonds is 4. The number of hydrogen-bond donors (Lipinski definition) is 0. The highest BCUT2D eigenvalue weighted by molar-refractivity contribution is 7.95. The topological polar surface area (TPSA) is 39.1 Å². The molecule has 1 heterocycles. The zero-order valence-electron chi connectivity index (χ0n) is 12.4. The standard InChI is InChI=1S/C18H17NO2S/c1-14(22(20,21)16-8-4-3-5-9-16)12-15-13-19(2)18-11-7-6-10-17(15)18/h3-11,13H,1,12H2,2H3. The zero-order valence-corrected chi connectivity index (χ0v) is 13.2. The Morgan fingerprint density at radius 1 is 1.05 bits per heavy atom. The van der Waals surface area contributed by atoms with Crippen LogP contribution in [0.15, 0.2) is 77.2 Å². The van der Waals surface area contributed by atoms with Crippen LogP contribution in [0.5, 0.6) is 0 Å². The van der Waals surface area contributed by atoms with Gasteiger partial charge in [0.2, 0.25) is 9.84 Å². The van der Waals surface area contributed by atoms with Crippen molar-refractivity contribution in [3.63, 3.8) is 0 Å². The Morgan fingerprint density at radius 3 is 2.41 bits per heavy atom. The summed E-state index contributed by atoms with van der Waals surface area (Å²) in [6.45, 7) is 3.82. The van der Waals surface area contributed by atoms with E-state index in [0.29, 0.717) is 11.3 Å². The maximum Gasteiger partial charge on any atom is 0.202 e. The number of aromatic nitrogens is 1. The van der Waals surface area contributed by atoms with Gasteiger partial charge in [-0.1, -0.05) is 43.0 Å². The van der Waals surface area contributed by atoms with E-state index in [9.17, 15) is 8.42 Å². The van der Waals surface area contributed by atoms with Crippen LogP contribution in [0.3, 0.4) is 0 Å². The quantitative estimate of drug-likeness (QED) is 0.737. The molecule has 3 rings (SSSR count). The van der Waals surface area contributed by atoms with Crippen molar-refractivity contribution < 1.29 is 8.42 Å². The summed E-state index contributed by atoms with van der Waals surface area (Å²) in [5.74, 6) is 0. The third kappa shape index (κ3) is 2.46. The predicted octanol–water partition coefficient (Wildman–Crippen LogP) is 3.71. The average molecular weight is 311 g/mol. The molecule has 0 aliphatic carbocycles. The second-order valence-corrected chi connectivity index (χ2v) is 7.37. The summed E-state index contributed by atoms with van der Waals surface area (Å²) in [5, 5.41) is 1.06. The smallest absolute Gasteiger partial charge is 0.202 e. The van der Waals surface area contributed by atoms with Gasteiger partial charge in [0.1, 0.15) is 0 Å². The lowest BCUT2D eigenvalue weighted by Gasteiger charge is -2.07. The van der Waals surface area contributed by atoms with Crippen molar-refractivity contribution in [2.24, 2.45) is 7.05 Å². The maximum atomic E-state index is 12.6. The van der Waals surface area contributed by atoms with Crippen LogP contribution in [0, 0.1) is 0 Å². The summed E-state index contributed by atoms with van der Waals surface area (Å²) in [4.78, 5) is 0.510. The molecule has 1 aromatic heterocycles. The van der Waals surface area contributed by atoms with Gasteiger partial charge in [-0.05, 0) is 23.8 Å². The fourth-order valence-electron chi connectivity index (χ4n) is 2.64. The van der Waals surface area contributed by atoms with Crippen LogP contribution in [0.25, 0.3) is 10.9 Å². The monoisotopic (exact) mass is 311 g/mol. The SMILES string of the molecule is C=C(Cc1cn(C)c2ccccc12)S(=O)(=O)c1ccccc1. The van der Waals surface area contributed by atoms with Gasteiger partial charge in [0.15, 0.2) is 0 Å². The molecule has 0 fully saturated rings. The predicted molar refractivity (Wildman–Crippen MR) is 89.4 cm³/mol. The van der Waals surface area contributed by atoms with Gasteiger partial charge in [-0.2, -0.15) is 0 Å². The number of para-hydroxylation sites is 1. The molecule has 4 heteroatoms. The molecule has 0 amide bonds.